The molecule has 0 aliphatic rings. The molecule has 0 spiro atoms. The van der Waals surface area contributed by atoms with Crippen LogP contribution in [0.1, 0.15) is 31.0 Å². The summed E-state index contributed by atoms with van der Waals surface area (Å²) in [5.74, 6) is 0.158. The zero-order chi connectivity index (χ0) is 11.2. The molecule has 0 radical (unpaired) electrons. The van der Waals surface area contributed by atoms with E-state index in [1.807, 2.05) is 12.1 Å². The van der Waals surface area contributed by atoms with Crippen LogP contribution in [0.2, 0.25) is 0 Å². The fourth-order valence-electron chi connectivity index (χ4n) is 1.88. The first-order valence-corrected chi connectivity index (χ1v) is 5.14. The Morgan fingerprint density at radius 3 is 2.60 bits per heavy atom. The van der Waals surface area contributed by atoms with Crippen LogP contribution in [0.25, 0.3) is 10.9 Å². The van der Waals surface area contributed by atoms with Gasteiger partial charge >= 0.3 is 0 Å². The number of hydrogen-bond acceptors (Lipinski definition) is 1. The third-order valence-electron chi connectivity index (χ3n) is 2.71. The van der Waals surface area contributed by atoms with Gasteiger partial charge < -0.3 is 0 Å². The Bertz CT molecular complexity index is 512. The lowest BCUT2D eigenvalue weighted by Crippen LogP contribution is -1.94. The molecule has 2 rings (SSSR count). The maximum atomic E-state index is 13.9. The van der Waals surface area contributed by atoms with Crippen LogP contribution in [-0.2, 0) is 7.05 Å². The van der Waals surface area contributed by atoms with Crippen molar-refractivity contribution in [1.82, 2.24) is 9.78 Å². The average molecular weight is 206 g/mol. The van der Waals surface area contributed by atoms with E-state index in [0.29, 0.717) is 17.0 Å². The molecule has 0 unspecified atom stereocenters. The van der Waals surface area contributed by atoms with Crippen molar-refractivity contribution in [3.05, 3.63) is 29.2 Å². The lowest BCUT2D eigenvalue weighted by atomic mass is 10.0. The average Bonchev–Trinajstić information content (AvgIpc) is 2.50. The van der Waals surface area contributed by atoms with E-state index in [4.69, 9.17) is 0 Å². The van der Waals surface area contributed by atoms with E-state index in [1.54, 1.807) is 18.7 Å². The van der Waals surface area contributed by atoms with Gasteiger partial charge in [0.25, 0.3) is 0 Å². The number of rotatable bonds is 1. The van der Waals surface area contributed by atoms with E-state index in [9.17, 15) is 4.39 Å². The van der Waals surface area contributed by atoms with Crippen LogP contribution in [0.15, 0.2) is 12.1 Å². The molecule has 0 bridgehead atoms. The van der Waals surface area contributed by atoms with Gasteiger partial charge in [-0.3, -0.25) is 4.68 Å². The van der Waals surface area contributed by atoms with Gasteiger partial charge in [0.05, 0.1) is 5.69 Å². The number of nitrogens with zero attached hydrogens (tertiary/aromatic N) is 2. The Hall–Kier alpha value is -1.38. The molecular formula is C12H15FN2. The van der Waals surface area contributed by atoms with Crippen molar-refractivity contribution in [2.75, 3.05) is 0 Å². The maximum Gasteiger partial charge on any atom is 0.151 e. The van der Waals surface area contributed by atoms with Gasteiger partial charge in [-0.25, -0.2) is 4.39 Å². The van der Waals surface area contributed by atoms with Crippen molar-refractivity contribution < 1.29 is 4.39 Å². The fraction of sp³-hybridized carbons (Fsp3) is 0.417. The zero-order valence-electron chi connectivity index (χ0n) is 9.50. The zero-order valence-corrected chi connectivity index (χ0v) is 9.50. The molecular weight excluding hydrogens is 191 g/mol. The van der Waals surface area contributed by atoms with Gasteiger partial charge in [0.2, 0.25) is 0 Å². The second-order valence-electron chi connectivity index (χ2n) is 4.26. The van der Waals surface area contributed by atoms with Gasteiger partial charge in [0, 0.05) is 12.4 Å². The normalized spacial score (nSPS) is 11.6. The molecule has 1 aromatic carbocycles. The fourth-order valence-corrected chi connectivity index (χ4v) is 1.88. The first-order chi connectivity index (χ1) is 7.02. The summed E-state index contributed by atoms with van der Waals surface area (Å²) in [5, 5.41) is 5.29. The number of hydrogen-bond donors (Lipinski definition) is 0. The van der Waals surface area contributed by atoms with Crippen molar-refractivity contribution in [1.29, 1.82) is 0 Å². The van der Waals surface area contributed by atoms with E-state index >= 15 is 0 Å². The van der Waals surface area contributed by atoms with Gasteiger partial charge in [0.15, 0.2) is 5.82 Å². The Balaban J connectivity index is 2.86. The summed E-state index contributed by atoms with van der Waals surface area (Å²) < 4.78 is 15.5. The van der Waals surface area contributed by atoms with Crippen LogP contribution in [-0.4, -0.2) is 9.78 Å². The SMILES string of the molecule is Cc1ccc2c(C(C)C)nn(C)c2c1F. The number of halogens is 1. The van der Waals surface area contributed by atoms with Crippen LogP contribution in [0.5, 0.6) is 0 Å². The Kier molecular flexibility index (Phi) is 2.25. The molecule has 80 valence electrons. The molecule has 0 saturated carbocycles. The van der Waals surface area contributed by atoms with Crippen LogP contribution in [0, 0.1) is 12.7 Å². The van der Waals surface area contributed by atoms with E-state index in [0.717, 1.165) is 11.1 Å². The predicted molar refractivity (Wildman–Crippen MR) is 59.5 cm³/mol. The van der Waals surface area contributed by atoms with Crippen molar-refractivity contribution in [3.63, 3.8) is 0 Å². The third-order valence-corrected chi connectivity index (χ3v) is 2.71. The van der Waals surface area contributed by atoms with Gasteiger partial charge in [-0.15, -0.1) is 0 Å². The molecule has 2 nitrogen and oxygen atoms in total. The summed E-state index contributed by atoms with van der Waals surface area (Å²) >= 11 is 0. The van der Waals surface area contributed by atoms with E-state index < -0.39 is 0 Å². The van der Waals surface area contributed by atoms with Crippen molar-refractivity contribution in [2.45, 2.75) is 26.7 Å². The summed E-state index contributed by atoms with van der Waals surface area (Å²) in [6, 6.07) is 3.77. The Morgan fingerprint density at radius 1 is 1.33 bits per heavy atom. The minimum atomic E-state index is -0.158. The Morgan fingerprint density at radius 2 is 2.00 bits per heavy atom. The molecule has 0 fully saturated rings. The first-order valence-electron chi connectivity index (χ1n) is 5.14. The molecule has 1 heterocycles. The van der Waals surface area contributed by atoms with Gasteiger partial charge in [-0.05, 0) is 18.4 Å². The minimum absolute atomic E-state index is 0.158. The topological polar surface area (TPSA) is 17.8 Å². The highest BCUT2D eigenvalue weighted by Gasteiger charge is 2.15. The predicted octanol–water partition coefficient (Wildman–Crippen LogP) is 3.14. The van der Waals surface area contributed by atoms with E-state index in [-0.39, 0.29) is 5.82 Å². The highest BCUT2D eigenvalue weighted by molar-refractivity contribution is 5.83. The van der Waals surface area contributed by atoms with Crippen molar-refractivity contribution in [3.8, 4) is 0 Å². The lowest BCUT2D eigenvalue weighted by Gasteiger charge is -2.01. The van der Waals surface area contributed by atoms with Crippen LogP contribution in [0.3, 0.4) is 0 Å². The highest BCUT2D eigenvalue weighted by Crippen LogP contribution is 2.27. The molecule has 0 atom stereocenters. The Labute approximate surface area is 88.7 Å². The smallest absolute Gasteiger partial charge is 0.151 e. The quantitative estimate of drug-likeness (QED) is 0.700. The van der Waals surface area contributed by atoms with Gasteiger partial charge in [-0.2, -0.15) is 5.10 Å². The first kappa shape index (κ1) is 10.1. The highest BCUT2D eigenvalue weighted by atomic mass is 19.1. The lowest BCUT2D eigenvalue weighted by molar-refractivity contribution is 0.615. The van der Waals surface area contributed by atoms with Gasteiger partial charge in [0.1, 0.15) is 5.52 Å². The monoisotopic (exact) mass is 206 g/mol. The van der Waals surface area contributed by atoms with Crippen molar-refractivity contribution >= 4 is 10.9 Å². The molecule has 15 heavy (non-hydrogen) atoms. The summed E-state index contributed by atoms with van der Waals surface area (Å²) in [5.41, 5.74) is 2.24. The van der Waals surface area contributed by atoms with Crippen LogP contribution in [0.4, 0.5) is 4.39 Å². The van der Waals surface area contributed by atoms with Crippen molar-refractivity contribution in [2.24, 2.45) is 7.05 Å². The molecule has 0 aliphatic carbocycles. The minimum Gasteiger partial charge on any atom is -0.265 e. The molecule has 3 heteroatoms. The standard InChI is InChI=1S/C12H15FN2/c1-7(2)11-9-6-5-8(3)10(13)12(9)15(4)14-11/h5-7H,1-4H3. The number of aromatic nitrogens is 2. The largest absolute Gasteiger partial charge is 0.265 e. The second-order valence-corrected chi connectivity index (χ2v) is 4.26. The van der Waals surface area contributed by atoms with Gasteiger partial charge in [-0.1, -0.05) is 26.0 Å². The molecule has 1 aromatic heterocycles. The molecule has 0 aliphatic heterocycles. The summed E-state index contributed by atoms with van der Waals surface area (Å²) in [6.45, 7) is 5.91. The summed E-state index contributed by atoms with van der Waals surface area (Å²) in [6.07, 6.45) is 0. The molecule has 0 N–H and O–H groups in total. The summed E-state index contributed by atoms with van der Waals surface area (Å²) in [4.78, 5) is 0. The summed E-state index contributed by atoms with van der Waals surface area (Å²) in [7, 11) is 1.79. The van der Waals surface area contributed by atoms with Crippen LogP contribution >= 0.6 is 0 Å². The third kappa shape index (κ3) is 1.42. The van der Waals surface area contributed by atoms with E-state index in [1.165, 1.54) is 0 Å². The maximum absolute atomic E-state index is 13.9. The van der Waals surface area contributed by atoms with E-state index in [2.05, 4.69) is 18.9 Å². The molecule has 0 amide bonds. The number of fused-ring (bicyclic) bond motifs is 1. The number of benzene rings is 1. The molecule has 2 aromatic rings. The molecule has 0 saturated heterocycles. The second kappa shape index (κ2) is 3.33. The van der Waals surface area contributed by atoms with Crippen LogP contribution < -0.4 is 0 Å². The number of aryl methyl sites for hydroxylation is 2.